The summed E-state index contributed by atoms with van der Waals surface area (Å²) in [6.07, 6.45) is 0.628. The van der Waals surface area contributed by atoms with E-state index in [1.807, 2.05) is 0 Å². The van der Waals surface area contributed by atoms with Gasteiger partial charge < -0.3 is 16.0 Å². The van der Waals surface area contributed by atoms with Crippen LogP contribution in [0.4, 0.5) is 24.8 Å². The Kier molecular flexibility index (Phi) is 6.73. The Morgan fingerprint density at radius 2 is 1.90 bits per heavy atom. The van der Waals surface area contributed by atoms with Gasteiger partial charge in [0.1, 0.15) is 23.7 Å². The third kappa shape index (κ3) is 5.15. The van der Waals surface area contributed by atoms with Crippen LogP contribution in [0.25, 0.3) is 22.3 Å². The Hall–Kier alpha value is -4.81. The molecular formula is C26H23F3N8O2. The summed E-state index contributed by atoms with van der Waals surface area (Å²) in [5.41, 5.74) is 7.15. The fraction of sp³-hybridized carbons (Fsp3) is 0.231. The first-order valence-electron chi connectivity index (χ1n) is 12.0. The van der Waals surface area contributed by atoms with Crippen LogP contribution in [0.3, 0.4) is 0 Å². The van der Waals surface area contributed by atoms with Gasteiger partial charge in [0.15, 0.2) is 5.65 Å². The van der Waals surface area contributed by atoms with Crippen LogP contribution in [0, 0.1) is 0 Å². The number of anilines is 2. The summed E-state index contributed by atoms with van der Waals surface area (Å²) < 4.78 is 40.7. The molecule has 1 unspecified atom stereocenters. The summed E-state index contributed by atoms with van der Waals surface area (Å²) in [4.78, 5) is 38.9. The number of hydrogen-bond donors (Lipinski definition) is 2. The fourth-order valence-corrected chi connectivity index (χ4v) is 4.58. The minimum atomic E-state index is -4.56. The molecule has 200 valence electrons. The molecule has 1 aliphatic rings. The Morgan fingerprint density at radius 3 is 2.62 bits per heavy atom. The Morgan fingerprint density at radius 1 is 1.13 bits per heavy atom. The van der Waals surface area contributed by atoms with Crippen LogP contribution in [-0.4, -0.2) is 54.5 Å². The topological polar surface area (TPSA) is 132 Å². The van der Waals surface area contributed by atoms with Gasteiger partial charge in [0.25, 0.3) is 5.91 Å². The monoisotopic (exact) mass is 536 g/mol. The zero-order valence-corrected chi connectivity index (χ0v) is 20.5. The van der Waals surface area contributed by atoms with E-state index in [2.05, 4.69) is 26.8 Å². The lowest BCUT2D eigenvalue weighted by atomic mass is 10.1. The predicted octanol–water partition coefficient (Wildman–Crippen LogP) is 4.09. The molecule has 1 saturated heterocycles. The van der Waals surface area contributed by atoms with E-state index in [4.69, 9.17) is 10.8 Å². The zero-order valence-electron chi connectivity index (χ0n) is 20.5. The summed E-state index contributed by atoms with van der Waals surface area (Å²) in [6.45, 7) is 4.63. The molecule has 3 N–H and O–H groups in total. The molecule has 10 nitrogen and oxygen atoms in total. The van der Waals surface area contributed by atoms with Crippen molar-refractivity contribution in [1.29, 1.82) is 0 Å². The molecule has 39 heavy (non-hydrogen) atoms. The van der Waals surface area contributed by atoms with Crippen LogP contribution in [-0.2, 0) is 11.0 Å². The van der Waals surface area contributed by atoms with E-state index in [-0.39, 0.29) is 29.1 Å². The average molecular weight is 537 g/mol. The maximum atomic E-state index is 13.0. The number of benzene rings is 1. The SMILES string of the molecule is C=CC(=O)N1CCCC(n2nc(-c3ccc(C(=O)Nc4cc(C(F)(F)F)ccn4)cc3)c3c(N)ncnc32)C1. The molecule has 1 fully saturated rings. The molecule has 4 aromatic rings. The molecule has 0 spiro atoms. The van der Waals surface area contributed by atoms with Gasteiger partial charge in [-0.05, 0) is 43.2 Å². The van der Waals surface area contributed by atoms with Crippen molar-refractivity contribution in [3.63, 3.8) is 0 Å². The number of carbonyl (C=O) groups is 2. The van der Waals surface area contributed by atoms with Gasteiger partial charge in [0, 0.05) is 30.4 Å². The number of nitrogen functional groups attached to an aromatic ring is 1. The molecule has 0 bridgehead atoms. The smallest absolute Gasteiger partial charge is 0.383 e. The predicted molar refractivity (Wildman–Crippen MR) is 137 cm³/mol. The molecule has 0 radical (unpaired) electrons. The number of rotatable bonds is 5. The molecular weight excluding hydrogens is 513 g/mol. The average Bonchev–Trinajstić information content (AvgIpc) is 3.33. The van der Waals surface area contributed by atoms with E-state index >= 15 is 0 Å². The maximum Gasteiger partial charge on any atom is 0.416 e. The summed E-state index contributed by atoms with van der Waals surface area (Å²) in [6, 6.07) is 7.80. The maximum absolute atomic E-state index is 13.0. The van der Waals surface area contributed by atoms with Crippen LogP contribution >= 0.6 is 0 Å². The van der Waals surface area contributed by atoms with E-state index in [1.54, 1.807) is 21.7 Å². The third-order valence-electron chi connectivity index (χ3n) is 6.50. The summed E-state index contributed by atoms with van der Waals surface area (Å²) >= 11 is 0. The highest BCUT2D eigenvalue weighted by atomic mass is 19.4. The number of nitrogens with zero attached hydrogens (tertiary/aromatic N) is 6. The van der Waals surface area contributed by atoms with Crippen LogP contribution in [0.2, 0.25) is 0 Å². The number of amides is 2. The van der Waals surface area contributed by atoms with Crippen molar-refractivity contribution >= 4 is 34.5 Å². The van der Waals surface area contributed by atoms with Gasteiger partial charge in [-0.25, -0.2) is 19.6 Å². The number of fused-ring (bicyclic) bond motifs is 1. The summed E-state index contributed by atoms with van der Waals surface area (Å²) in [5.74, 6) is -0.765. The minimum absolute atomic E-state index is 0.141. The molecule has 5 rings (SSSR count). The number of alkyl halides is 3. The first-order valence-corrected chi connectivity index (χ1v) is 12.0. The van der Waals surface area contributed by atoms with E-state index in [0.29, 0.717) is 35.4 Å². The van der Waals surface area contributed by atoms with Gasteiger partial charge in [0.2, 0.25) is 5.91 Å². The first-order chi connectivity index (χ1) is 18.7. The number of halogens is 3. The van der Waals surface area contributed by atoms with Gasteiger partial charge >= 0.3 is 6.18 Å². The van der Waals surface area contributed by atoms with E-state index in [0.717, 1.165) is 31.2 Å². The number of hydrogen-bond acceptors (Lipinski definition) is 7. The highest BCUT2D eigenvalue weighted by molar-refractivity contribution is 6.04. The van der Waals surface area contributed by atoms with E-state index < -0.39 is 17.6 Å². The molecule has 2 amide bonds. The molecule has 0 saturated carbocycles. The Bertz CT molecular complexity index is 1570. The zero-order chi connectivity index (χ0) is 27.7. The van der Waals surface area contributed by atoms with E-state index in [9.17, 15) is 22.8 Å². The van der Waals surface area contributed by atoms with Gasteiger partial charge in [-0.1, -0.05) is 18.7 Å². The van der Waals surface area contributed by atoms with Crippen molar-refractivity contribution in [1.82, 2.24) is 29.6 Å². The van der Waals surface area contributed by atoms with Crippen molar-refractivity contribution in [3.05, 3.63) is 72.7 Å². The van der Waals surface area contributed by atoms with Gasteiger partial charge in [-0.15, -0.1) is 0 Å². The van der Waals surface area contributed by atoms with E-state index in [1.165, 1.54) is 24.5 Å². The highest BCUT2D eigenvalue weighted by Gasteiger charge is 2.31. The standard InChI is InChI=1S/C26H23F3N8O2/c1-2-20(38)36-11-3-4-18(13-36)37-24-21(23(30)32-14-33-24)22(35-37)15-5-7-16(8-6-15)25(39)34-19-12-17(9-10-31-19)26(27,28)29/h2,5-10,12,14,18H,1,3-4,11,13H2,(H2,30,32,33)(H,31,34,39). The number of aromatic nitrogens is 5. The van der Waals surface area contributed by atoms with Crippen molar-refractivity contribution < 1.29 is 22.8 Å². The first kappa shape index (κ1) is 25.8. The lowest BCUT2D eigenvalue weighted by molar-refractivity contribution is -0.137. The lowest BCUT2D eigenvalue weighted by Crippen LogP contribution is -2.40. The van der Waals surface area contributed by atoms with Crippen LogP contribution in [0.15, 0.2) is 61.6 Å². The van der Waals surface area contributed by atoms with Crippen molar-refractivity contribution in [2.75, 3.05) is 24.1 Å². The Balaban J connectivity index is 1.43. The van der Waals surface area contributed by atoms with Gasteiger partial charge in [-0.3, -0.25) is 9.59 Å². The van der Waals surface area contributed by atoms with Crippen LogP contribution in [0.1, 0.15) is 34.8 Å². The van der Waals surface area contributed by atoms with Crippen LogP contribution in [0.5, 0.6) is 0 Å². The molecule has 0 aliphatic carbocycles. The second kappa shape index (κ2) is 10.2. The van der Waals surface area contributed by atoms with Crippen LogP contribution < -0.4 is 11.1 Å². The van der Waals surface area contributed by atoms with Gasteiger partial charge in [-0.2, -0.15) is 18.3 Å². The van der Waals surface area contributed by atoms with Gasteiger partial charge in [0.05, 0.1) is 17.0 Å². The number of nitrogens with one attached hydrogen (secondary N) is 1. The molecule has 4 heterocycles. The second-order valence-corrected chi connectivity index (χ2v) is 8.99. The summed E-state index contributed by atoms with van der Waals surface area (Å²) in [5, 5.41) is 7.71. The van der Waals surface area contributed by atoms with Crippen molar-refractivity contribution in [2.45, 2.75) is 25.1 Å². The molecule has 1 atom stereocenters. The third-order valence-corrected chi connectivity index (χ3v) is 6.50. The Labute approximate surface area is 220 Å². The number of carbonyl (C=O) groups excluding carboxylic acids is 2. The molecule has 3 aromatic heterocycles. The number of pyridine rings is 1. The number of piperidine rings is 1. The largest absolute Gasteiger partial charge is 0.416 e. The minimum Gasteiger partial charge on any atom is -0.383 e. The van der Waals surface area contributed by atoms with Crippen molar-refractivity contribution in [2.24, 2.45) is 0 Å². The van der Waals surface area contributed by atoms with Crippen molar-refractivity contribution in [3.8, 4) is 11.3 Å². The lowest BCUT2D eigenvalue weighted by Gasteiger charge is -2.32. The highest BCUT2D eigenvalue weighted by Crippen LogP contribution is 2.34. The molecule has 1 aliphatic heterocycles. The number of likely N-dealkylation sites (tertiary alicyclic amines) is 1. The second-order valence-electron chi connectivity index (χ2n) is 8.99. The summed E-state index contributed by atoms with van der Waals surface area (Å²) in [7, 11) is 0. The fourth-order valence-electron chi connectivity index (χ4n) is 4.58. The molecule has 13 heteroatoms. The normalized spacial score (nSPS) is 15.8. The quantitative estimate of drug-likeness (QED) is 0.367. The molecule has 1 aromatic carbocycles. The number of nitrogens with two attached hydrogens (primary N) is 1.